The third kappa shape index (κ3) is 3.62. The summed E-state index contributed by atoms with van der Waals surface area (Å²) in [6.45, 7) is 4.58. The standard InChI is InChI=1S/C20H24N2O2S/c1-15-8-13-24-20(14-15)9-11-22(12-10-20)19(23)7-6-18-21-16-4-2-3-5-17(16)25-18/h2-5,14H,6-13H2,1H3. The van der Waals surface area contributed by atoms with Crippen LogP contribution in [0.1, 0.15) is 37.6 Å². The van der Waals surface area contributed by atoms with Crippen molar-refractivity contribution in [3.8, 4) is 0 Å². The molecule has 1 saturated heterocycles. The number of likely N-dealkylation sites (tertiary alicyclic amines) is 1. The molecule has 1 spiro atoms. The third-order valence-electron chi connectivity index (χ3n) is 5.25. The molecular weight excluding hydrogens is 332 g/mol. The maximum absolute atomic E-state index is 12.6. The van der Waals surface area contributed by atoms with Gasteiger partial charge in [-0.05, 0) is 38.3 Å². The van der Waals surface area contributed by atoms with Crippen molar-refractivity contribution in [1.29, 1.82) is 0 Å². The normalized spacial score (nSPS) is 20.0. The molecule has 0 radical (unpaired) electrons. The summed E-state index contributed by atoms with van der Waals surface area (Å²) in [4.78, 5) is 19.2. The molecule has 3 heterocycles. The highest BCUT2D eigenvalue weighted by Crippen LogP contribution is 2.33. The molecule has 1 aromatic carbocycles. The third-order valence-corrected chi connectivity index (χ3v) is 6.34. The summed E-state index contributed by atoms with van der Waals surface area (Å²) in [6.07, 6.45) is 6.43. The molecule has 132 valence electrons. The van der Waals surface area contributed by atoms with Crippen LogP contribution < -0.4 is 0 Å². The van der Waals surface area contributed by atoms with Gasteiger partial charge in [0.05, 0.1) is 27.4 Å². The molecule has 1 amide bonds. The first kappa shape index (κ1) is 16.7. The predicted molar refractivity (Wildman–Crippen MR) is 101 cm³/mol. The number of hydrogen-bond donors (Lipinski definition) is 0. The number of para-hydroxylation sites is 1. The first-order valence-corrected chi connectivity index (χ1v) is 9.90. The summed E-state index contributed by atoms with van der Waals surface area (Å²) in [5.41, 5.74) is 2.33. The Bertz CT molecular complexity index is 770. The fourth-order valence-corrected chi connectivity index (χ4v) is 4.77. The number of amides is 1. The quantitative estimate of drug-likeness (QED) is 0.782. The Morgan fingerprint density at radius 3 is 2.88 bits per heavy atom. The summed E-state index contributed by atoms with van der Waals surface area (Å²) in [5, 5.41) is 1.05. The van der Waals surface area contributed by atoms with Crippen LogP contribution in [0.25, 0.3) is 10.2 Å². The van der Waals surface area contributed by atoms with Gasteiger partial charge in [-0.1, -0.05) is 23.8 Å². The lowest BCUT2D eigenvalue weighted by Gasteiger charge is -2.42. The zero-order chi connectivity index (χ0) is 17.3. The number of ether oxygens (including phenoxy) is 1. The van der Waals surface area contributed by atoms with Crippen molar-refractivity contribution >= 4 is 27.5 Å². The second kappa shape index (κ2) is 6.89. The van der Waals surface area contributed by atoms with Crippen LogP contribution in [-0.2, 0) is 16.0 Å². The summed E-state index contributed by atoms with van der Waals surface area (Å²) in [7, 11) is 0. The van der Waals surface area contributed by atoms with Gasteiger partial charge < -0.3 is 9.64 Å². The molecule has 2 aliphatic rings. The number of benzene rings is 1. The lowest BCUT2D eigenvalue weighted by atomic mass is 9.87. The van der Waals surface area contributed by atoms with E-state index in [0.29, 0.717) is 6.42 Å². The highest BCUT2D eigenvalue weighted by Gasteiger charge is 2.36. The molecular formula is C20H24N2O2S. The van der Waals surface area contributed by atoms with Gasteiger partial charge in [0.1, 0.15) is 0 Å². The number of carbonyl (C=O) groups excluding carboxylic acids is 1. The van der Waals surface area contributed by atoms with E-state index >= 15 is 0 Å². The zero-order valence-electron chi connectivity index (χ0n) is 14.7. The molecule has 0 unspecified atom stereocenters. The molecule has 0 atom stereocenters. The van der Waals surface area contributed by atoms with E-state index in [-0.39, 0.29) is 11.5 Å². The molecule has 0 N–H and O–H groups in total. The van der Waals surface area contributed by atoms with E-state index in [1.54, 1.807) is 11.3 Å². The number of aryl methyl sites for hydroxylation is 1. The number of aromatic nitrogens is 1. The average molecular weight is 356 g/mol. The largest absolute Gasteiger partial charge is 0.370 e. The van der Waals surface area contributed by atoms with E-state index in [1.165, 1.54) is 10.3 Å². The van der Waals surface area contributed by atoms with Gasteiger partial charge in [-0.2, -0.15) is 0 Å². The summed E-state index contributed by atoms with van der Waals surface area (Å²) in [6, 6.07) is 8.15. The Morgan fingerprint density at radius 1 is 1.32 bits per heavy atom. The Labute approximate surface area is 152 Å². The van der Waals surface area contributed by atoms with Gasteiger partial charge in [0, 0.05) is 25.9 Å². The van der Waals surface area contributed by atoms with Crippen molar-refractivity contribution in [1.82, 2.24) is 9.88 Å². The fourth-order valence-electron chi connectivity index (χ4n) is 3.80. The van der Waals surface area contributed by atoms with Crippen LogP contribution in [0.3, 0.4) is 0 Å². The minimum atomic E-state index is -0.119. The Morgan fingerprint density at radius 2 is 2.12 bits per heavy atom. The zero-order valence-corrected chi connectivity index (χ0v) is 15.5. The summed E-state index contributed by atoms with van der Waals surface area (Å²) in [5.74, 6) is 0.241. The maximum Gasteiger partial charge on any atom is 0.222 e. The van der Waals surface area contributed by atoms with Crippen LogP contribution in [0, 0.1) is 0 Å². The van der Waals surface area contributed by atoms with Crippen molar-refractivity contribution in [2.45, 2.75) is 44.6 Å². The minimum absolute atomic E-state index is 0.119. The topological polar surface area (TPSA) is 42.4 Å². The number of fused-ring (bicyclic) bond motifs is 1. The van der Waals surface area contributed by atoms with Gasteiger partial charge in [0.15, 0.2) is 0 Å². The number of rotatable bonds is 3. The van der Waals surface area contributed by atoms with Crippen LogP contribution >= 0.6 is 11.3 Å². The number of piperidine rings is 1. The molecule has 5 heteroatoms. The maximum atomic E-state index is 12.6. The molecule has 2 aliphatic heterocycles. The van der Waals surface area contributed by atoms with E-state index in [1.807, 2.05) is 23.1 Å². The summed E-state index contributed by atoms with van der Waals surface area (Å²) < 4.78 is 7.24. The predicted octanol–water partition coefficient (Wildman–Crippen LogP) is 3.96. The lowest BCUT2D eigenvalue weighted by Crippen LogP contribution is -2.48. The number of hydrogen-bond acceptors (Lipinski definition) is 4. The van der Waals surface area contributed by atoms with Crippen LogP contribution in [0.15, 0.2) is 35.9 Å². The van der Waals surface area contributed by atoms with E-state index in [0.717, 1.165) is 55.9 Å². The van der Waals surface area contributed by atoms with Gasteiger partial charge in [0.2, 0.25) is 5.91 Å². The van der Waals surface area contributed by atoms with Crippen LogP contribution in [0.2, 0.25) is 0 Å². The number of carbonyl (C=O) groups is 1. The first-order chi connectivity index (χ1) is 12.1. The number of thiazole rings is 1. The fraction of sp³-hybridized carbons (Fsp3) is 0.500. The smallest absolute Gasteiger partial charge is 0.222 e. The molecule has 0 saturated carbocycles. The van der Waals surface area contributed by atoms with Crippen molar-refractivity contribution < 1.29 is 9.53 Å². The monoisotopic (exact) mass is 356 g/mol. The van der Waals surface area contributed by atoms with Gasteiger partial charge in [-0.25, -0.2) is 4.98 Å². The van der Waals surface area contributed by atoms with Crippen LogP contribution in [0.5, 0.6) is 0 Å². The number of nitrogens with zero attached hydrogens (tertiary/aromatic N) is 2. The molecule has 4 rings (SSSR count). The average Bonchev–Trinajstić information content (AvgIpc) is 3.03. The van der Waals surface area contributed by atoms with Crippen molar-refractivity contribution in [3.05, 3.63) is 40.9 Å². The van der Waals surface area contributed by atoms with E-state index in [9.17, 15) is 4.79 Å². The molecule has 1 fully saturated rings. The molecule has 1 aromatic heterocycles. The molecule has 25 heavy (non-hydrogen) atoms. The molecule has 0 bridgehead atoms. The Kier molecular flexibility index (Phi) is 4.61. The Hall–Kier alpha value is -1.72. The van der Waals surface area contributed by atoms with E-state index in [2.05, 4.69) is 24.1 Å². The molecule has 0 aliphatic carbocycles. The highest BCUT2D eigenvalue weighted by atomic mass is 32.1. The highest BCUT2D eigenvalue weighted by molar-refractivity contribution is 7.18. The summed E-state index contributed by atoms with van der Waals surface area (Å²) >= 11 is 1.69. The van der Waals surface area contributed by atoms with Crippen molar-refractivity contribution in [3.63, 3.8) is 0 Å². The van der Waals surface area contributed by atoms with Crippen LogP contribution in [-0.4, -0.2) is 41.1 Å². The van der Waals surface area contributed by atoms with E-state index in [4.69, 9.17) is 4.74 Å². The SMILES string of the molecule is CC1=CC2(CCN(C(=O)CCc3nc4ccccc4s3)CC2)OCC1. The first-order valence-electron chi connectivity index (χ1n) is 9.08. The Balaban J connectivity index is 1.32. The lowest BCUT2D eigenvalue weighted by molar-refractivity contribution is -0.136. The van der Waals surface area contributed by atoms with E-state index < -0.39 is 0 Å². The van der Waals surface area contributed by atoms with Crippen molar-refractivity contribution in [2.75, 3.05) is 19.7 Å². The molecule has 2 aromatic rings. The second-order valence-electron chi connectivity index (χ2n) is 7.11. The van der Waals surface area contributed by atoms with Gasteiger partial charge >= 0.3 is 0 Å². The van der Waals surface area contributed by atoms with Gasteiger partial charge in [-0.3, -0.25) is 4.79 Å². The molecule has 4 nitrogen and oxygen atoms in total. The van der Waals surface area contributed by atoms with Gasteiger partial charge in [0.25, 0.3) is 0 Å². The second-order valence-corrected chi connectivity index (χ2v) is 8.23. The van der Waals surface area contributed by atoms with Gasteiger partial charge in [-0.15, -0.1) is 11.3 Å². The van der Waals surface area contributed by atoms with Crippen molar-refractivity contribution in [2.24, 2.45) is 0 Å². The van der Waals surface area contributed by atoms with Crippen LogP contribution in [0.4, 0.5) is 0 Å². The minimum Gasteiger partial charge on any atom is -0.370 e.